The van der Waals surface area contributed by atoms with Gasteiger partial charge in [0.15, 0.2) is 5.82 Å². The van der Waals surface area contributed by atoms with Gasteiger partial charge in [-0.15, -0.1) is 0 Å². The molecule has 3 aromatic rings. The second-order valence-electron chi connectivity index (χ2n) is 6.33. The minimum Gasteiger partial charge on any atom is -0.496 e. The second kappa shape index (κ2) is 6.70. The standard InChI is InChI=1S/C19H22N4O2/c1-3-18-21-17(22-25-18)7-9-23-10-8-20-19(23)15-11-13-5-4-6-14(13)12-16(15)24-2/h8,10-12H,3-7,9H2,1-2H3. The first kappa shape index (κ1) is 15.9. The van der Waals surface area contributed by atoms with Gasteiger partial charge >= 0.3 is 0 Å². The van der Waals surface area contributed by atoms with Crippen molar-refractivity contribution in [2.75, 3.05) is 7.11 Å². The van der Waals surface area contributed by atoms with E-state index >= 15 is 0 Å². The van der Waals surface area contributed by atoms with Gasteiger partial charge in [-0.05, 0) is 42.5 Å². The van der Waals surface area contributed by atoms with Crippen molar-refractivity contribution in [2.45, 2.75) is 45.6 Å². The molecule has 1 aliphatic rings. The number of aryl methyl sites for hydroxylation is 5. The van der Waals surface area contributed by atoms with Crippen LogP contribution in [0.1, 0.15) is 36.2 Å². The zero-order valence-corrected chi connectivity index (χ0v) is 14.7. The van der Waals surface area contributed by atoms with Crippen LogP contribution in [0.4, 0.5) is 0 Å². The van der Waals surface area contributed by atoms with Gasteiger partial charge in [0.05, 0.1) is 12.7 Å². The average Bonchev–Trinajstić information content (AvgIpc) is 3.37. The van der Waals surface area contributed by atoms with Crippen LogP contribution in [0.5, 0.6) is 5.75 Å². The molecule has 0 bridgehead atoms. The molecule has 1 aliphatic carbocycles. The van der Waals surface area contributed by atoms with E-state index in [4.69, 9.17) is 9.26 Å². The number of benzene rings is 1. The zero-order valence-electron chi connectivity index (χ0n) is 14.7. The Labute approximate surface area is 146 Å². The van der Waals surface area contributed by atoms with Gasteiger partial charge in [0.25, 0.3) is 0 Å². The first-order valence-corrected chi connectivity index (χ1v) is 8.81. The smallest absolute Gasteiger partial charge is 0.226 e. The van der Waals surface area contributed by atoms with Crippen LogP contribution in [0, 0.1) is 0 Å². The number of fused-ring (bicyclic) bond motifs is 1. The van der Waals surface area contributed by atoms with E-state index in [2.05, 4.69) is 31.8 Å². The van der Waals surface area contributed by atoms with E-state index in [1.54, 1.807) is 7.11 Å². The zero-order chi connectivity index (χ0) is 17.2. The number of imidazole rings is 1. The third-order valence-electron chi connectivity index (χ3n) is 4.76. The molecular formula is C19H22N4O2. The number of hydrogen-bond donors (Lipinski definition) is 0. The predicted molar refractivity (Wildman–Crippen MR) is 93.6 cm³/mol. The van der Waals surface area contributed by atoms with Crippen molar-refractivity contribution >= 4 is 0 Å². The van der Waals surface area contributed by atoms with Crippen LogP contribution in [0.3, 0.4) is 0 Å². The highest BCUT2D eigenvalue weighted by atomic mass is 16.5. The number of methoxy groups -OCH3 is 1. The summed E-state index contributed by atoms with van der Waals surface area (Å²) >= 11 is 0. The highest BCUT2D eigenvalue weighted by Crippen LogP contribution is 2.35. The van der Waals surface area contributed by atoms with Crippen molar-refractivity contribution in [1.82, 2.24) is 19.7 Å². The van der Waals surface area contributed by atoms with Gasteiger partial charge in [0, 0.05) is 31.8 Å². The first-order chi connectivity index (χ1) is 12.3. The molecule has 1 aromatic carbocycles. The minimum atomic E-state index is 0.682. The summed E-state index contributed by atoms with van der Waals surface area (Å²) in [6, 6.07) is 4.41. The summed E-state index contributed by atoms with van der Waals surface area (Å²) in [7, 11) is 1.72. The quantitative estimate of drug-likeness (QED) is 0.690. The number of nitrogens with zero attached hydrogens (tertiary/aromatic N) is 4. The number of ether oxygens (including phenoxy) is 1. The Bertz CT molecular complexity index is 881. The summed E-state index contributed by atoms with van der Waals surface area (Å²) in [6.45, 7) is 2.75. The van der Waals surface area contributed by atoms with Crippen LogP contribution < -0.4 is 4.74 Å². The SMILES string of the molecule is CCc1nc(CCn2ccnc2-c2cc3c(cc2OC)CCC3)no1. The molecule has 2 aromatic heterocycles. The molecule has 0 amide bonds. The summed E-state index contributed by atoms with van der Waals surface area (Å²) in [6.07, 6.45) is 8.77. The van der Waals surface area contributed by atoms with Crippen molar-refractivity contribution in [3.8, 4) is 17.1 Å². The maximum absolute atomic E-state index is 5.64. The number of rotatable bonds is 6. The Morgan fingerprint density at radius 1 is 1.24 bits per heavy atom. The van der Waals surface area contributed by atoms with E-state index in [-0.39, 0.29) is 0 Å². The minimum absolute atomic E-state index is 0.682. The molecule has 130 valence electrons. The van der Waals surface area contributed by atoms with Crippen molar-refractivity contribution < 1.29 is 9.26 Å². The van der Waals surface area contributed by atoms with E-state index in [1.807, 2.05) is 19.3 Å². The summed E-state index contributed by atoms with van der Waals surface area (Å²) in [5.74, 6) is 3.23. The van der Waals surface area contributed by atoms with Crippen LogP contribution in [-0.2, 0) is 32.2 Å². The molecular weight excluding hydrogens is 316 g/mol. The van der Waals surface area contributed by atoms with E-state index in [0.29, 0.717) is 12.3 Å². The molecule has 4 rings (SSSR count). The summed E-state index contributed by atoms with van der Waals surface area (Å²) in [5.41, 5.74) is 3.87. The van der Waals surface area contributed by atoms with Gasteiger partial charge in [-0.3, -0.25) is 0 Å². The number of aromatic nitrogens is 4. The van der Waals surface area contributed by atoms with Crippen LogP contribution in [0.2, 0.25) is 0 Å². The molecule has 6 heteroatoms. The Balaban J connectivity index is 1.61. The molecule has 25 heavy (non-hydrogen) atoms. The lowest BCUT2D eigenvalue weighted by Gasteiger charge is -2.13. The van der Waals surface area contributed by atoms with Crippen LogP contribution in [0.15, 0.2) is 29.0 Å². The normalized spacial score (nSPS) is 13.2. The summed E-state index contributed by atoms with van der Waals surface area (Å²) < 4.78 is 12.9. The fraction of sp³-hybridized carbons (Fsp3) is 0.421. The third kappa shape index (κ3) is 3.04. The molecule has 0 unspecified atom stereocenters. The van der Waals surface area contributed by atoms with E-state index < -0.39 is 0 Å². The molecule has 0 fully saturated rings. The lowest BCUT2D eigenvalue weighted by molar-refractivity contribution is 0.375. The van der Waals surface area contributed by atoms with E-state index in [9.17, 15) is 0 Å². The highest BCUT2D eigenvalue weighted by molar-refractivity contribution is 5.67. The number of hydrogen-bond acceptors (Lipinski definition) is 5. The maximum atomic E-state index is 5.64. The summed E-state index contributed by atoms with van der Waals surface area (Å²) in [5, 5.41) is 4.03. The maximum Gasteiger partial charge on any atom is 0.226 e. The molecule has 0 N–H and O–H groups in total. The lowest BCUT2D eigenvalue weighted by Crippen LogP contribution is -2.05. The van der Waals surface area contributed by atoms with Crippen molar-refractivity contribution in [2.24, 2.45) is 0 Å². The molecule has 2 heterocycles. The Kier molecular flexibility index (Phi) is 4.26. The lowest BCUT2D eigenvalue weighted by atomic mass is 10.0. The van der Waals surface area contributed by atoms with Crippen molar-refractivity contribution in [1.29, 1.82) is 0 Å². The van der Waals surface area contributed by atoms with Crippen LogP contribution in [0.25, 0.3) is 11.4 Å². The van der Waals surface area contributed by atoms with Gasteiger partial charge in [0.1, 0.15) is 11.6 Å². The van der Waals surface area contributed by atoms with Gasteiger partial charge in [0.2, 0.25) is 5.89 Å². The third-order valence-corrected chi connectivity index (χ3v) is 4.76. The van der Waals surface area contributed by atoms with Gasteiger partial charge < -0.3 is 13.8 Å². The molecule has 0 saturated heterocycles. The molecule has 0 saturated carbocycles. The van der Waals surface area contributed by atoms with E-state index in [0.717, 1.165) is 48.8 Å². The molecule has 0 atom stereocenters. The Morgan fingerprint density at radius 2 is 2.08 bits per heavy atom. The topological polar surface area (TPSA) is 66.0 Å². The monoisotopic (exact) mass is 338 g/mol. The highest BCUT2D eigenvalue weighted by Gasteiger charge is 2.19. The Hall–Kier alpha value is -2.63. The fourth-order valence-corrected chi connectivity index (χ4v) is 3.43. The Morgan fingerprint density at radius 3 is 2.84 bits per heavy atom. The second-order valence-corrected chi connectivity index (χ2v) is 6.33. The fourth-order valence-electron chi connectivity index (χ4n) is 3.43. The van der Waals surface area contributed by atoms with Gasteiger partial charge in [-0.1, -0.05) is 12.1 Å². The van der Waals surface area contributed by atoms with Gasteiger partial charge in [-0.25, -0.2) is 4.98 Å². The molecule has 0 aliphatic heterocycles. The molecule has 0 spiro atoms. The van der Waals surface area contributed by atoms with Gasteiger partial charge in [-0.2, -0.15) is 4.98 Å². The van der Waals surface area contributed by atoms with Crippen LogP contribution in [-0.4, -0.2) is 26.8 Å². The molecule has 6 nitrogen and oxygen atoms in total. The van der Waals surface area contributed by atoms with Crippen molar-refractivity contribution in [3.63, 3.8) is 0 Å². The average molecular weight is 338 g/mol. The van der Waals surface area contributed by atoms with E-state index in [1.165, 1.54) is 17.5 Å². The first-order valence-electron chi connectivity index (χ1n) is 8.81. The largest absolute Gasteiger partial charge is 0.496 e. The molecule has 0 radical (unpaired) electrons. The van der Waals surface area contributed by atoms with Crippen molar-refractivity contribution in [3.05, 3.63) is 47.4 Å². The van der Waals surface area contributed by atoms with Crippen LogP contribution >= 0.6 is 0 Å². The predicted octanol–water partition coefficient (Wildman–Crippen LogP) is 3.24. The summed E-state index contributed by atoms with van der Waals surface area (Å²) in [4.78, 5) is 8.95.